The SMILES string of the molecule is Cc1cc(NC(=O)c2cccc(Oc3ccnc(N)c3C(=S)NC3CCNC3)c2)ccc1C(C)C. The number of anilines is 2. The number of ether oxygens (including phenoxy) is 1. The molecule has 4 rings (SSSR count). The molecule has 2 heterocycles. The van der Waals surface area contributed by atoms with Crippen molar-refractivity contribution in [1.29, 1.82) is 0 Å². The van der Waals surface area contributed by atoms with Crippen molar-refractivity contribution in [2.24, 2.45) is 0 Å². The average Bonchev–Trinajstić information content (AvgIpc) is 3.32. The number of pyridine rings is 1. The number of rotatable bonds is 7. The van der Waals surface area contributed by atoms with Gasteiger partial charge in [-0.25, -0.2) is 4.98 Å². The van der Waals surface area contributed by atoms with Gasteiger partial charge in [0.2, 0.25) is 0 Å². The summed E-state index contributed by atoms with van der Waals surface area (Å²) in [5.74, 6) is 1.49. The van der Waals surface area contributed by atoms with Gasteiger partial charge in [-0.15, -0.1) is 0 Å². The van der Waals surface area contributed by atoms with Gasteiger partial charge in [0.15, 0.2) is 0 Å². The minimum Gasteiger partial charge on any atom is -0.456 e. The van der Waals surface area contributed by atoms with E-state index in [2.05, 4.69) is 47.8 Å². The third kappa shape index (κ3) is 5.96. The number of carbonyl (C=O) groups is 1. The second-order valence-electron chi connectivity index (χ2n) is 9.04. The van der Waals surface area contributed by atoms with Gasteiger partial charge in [0, 0.05) is 36.1 Å². The fourth-order valence-corrected chi connectivity index (χ4v) is 4.61. The summed E-state index contributed by atoms with van der Waals surface area (Å²) in [7, 11) is 0. The Kier molecular flexibility index (Phi) is 7.63. The monoisotopic (exact) mass is 489 g/mol. The highest BCUT2D eigenvalue weighted by Crippen LogP contribution is 2.29. The first-order chi connectivity index (χ1) is 16.8. The molecule has 182 valence electrons. The molecule has 1 saturated heterocycles. The fourth-order valence-electron chi connectivity index (χ4n) is 4.24. The molecule has 35 heavy (non-hydrogen) atoms. The van der Waals surface area contributed by atoms with Gasteiger partial charge in [0.1, 0.15) is 22.3 Å². The third-order valence-electron chi connectivity index (χ3n) is 6.04. The van der Waals surface area contributed by atoms with Crippen LogP contribution in [0.4, 0.5) is 11.5 Å². The van der Waals surface area contributed by atoms with Crippen molar-refractivity contribution < 1.29 is 9.53 Å². The molecule has 0 aliphatic carbocycles. The number of amides is 1. The van der Waals surface area contributed by atoms with Crippen molar-refractivity contribution in [1.82, 2.24) is 15.6 Å². The van der Waals surface area contributed by atoms with E-state index in [1.54, 1.807) is 36.5 Å². The number of aryl methyl sites for hydroxylation is 1. The van der Waals surface area contributed by atoms with Gasteiger partial charge in [-0.05, 0) is 67.3 Å². The van der Waals surface area contributed by atoms with Crippen LogP contribution in [0.5, 0.6) is 11.5 Å². The molecule has 0 radical (unpaired) electrons. The zero-order valence-corrected chi connectivity index (χ0v) is 21.0. The first-order valence-corrected chi connectivity index (χ1v) is 12.2. The van der Waals surface area contributed by atoms with Gasteiger partial charge in [-0.3, -0.25) is 4.79 Å². The summed E-state index contributed by atoms with van der Waals surface area (Å²) in [6.45, 7) is 8.15. The van der Waals surface area contributed by atoms with Gasteiger partial charge >= 0.3 is 0 Å². The number of nitrogens with one attached hydrogen (secondary N) is 3. The minimum atomic E-state index is -0.215. The molecular weight excluding hydrogens is 458 g/mol. The molecule has 1 atom stereocenters. The van der Waals surface area contributed by atoms with Crippen molar-refractivity contribution in [2.75, 3.05) is 24.1 Å². The molecule has 1 aliphatic rings. The van der Waals surface area contributed by atoms with Gasteiger partial charge < -0.3 is 26.4 Å². The largest absolute Gasteiger partial charge is 0.456 e. The minimum absolute atomic E-state index is 0.215. The number of carbonyl (C=O) groups excluding carboxylic acids is 1. The Labute approximate surface area is 211 Å². The van der Waals surface area contributed by atoms with Crippen LogP contribution < -0.4 is 26.4 Å². The molecule has 1 amide bonds. The maximum atomic E-state index is 12.9. The molecule has 1 unspecified atom stereocenters. The maximum Gasteiger partial charge on any atom is 0.255 e. The lowest BCUT2D eigenvalue weighted by Crippen LogP contribution is -2.36. The predicted octanol–water partition coefficient (Wildman–Crippen LogP) is 4.77. The van der Waals surface area contributed by atoms with Crippen molar-refractivity contribution in [3.63, 3.8) is 0 Å². The first-order valence-electron chi connectivity index (χ1n) is 11.8. The van der Waals surface area contributed by atoms with Gasteiger partial charge in [0.25, 0.3) is 5.91 Å². The average molecular weight is 490 g/mol. The van der Waals surface area contributed by atoms with E-state index in [9.17, 15) is 4.79 Å². The van der Waals surface area contributed by atoms with Crippen LogP contribution in [0.25, 0.3) is 0 Å². The summed E-state index contributed by atoms with van der Waals surface area (Å²) in [4.78, 5) is 17.6. The lowest BCUT2D eigenvalue weighted by atomic mass is 9.97. The molecule has 0 bridgehead atoms. The van der Waals surface area contributed by atoms with Crippen LogP contribution in [0.3, 0.4) is 0 Å². The molecule has 1 aliphatic heterocycles. The molecule has 7 nitrogen and oxygen atoms in total. The van der Waals surface area contributed by atoms with Crippen LogP contribution in [0.15, 0.2) is 54.7 Å². The highest BCUT2D eigenvalue weighted by Gasteiger charge is 2.20. The number of benzene rings is 2. The zero-order chi connectivity index (χ0) is 24.9. The van der Waals surface area contributed by atoms with E-state index >= 15 is 0 Å². The van der Waals surface area contributed by atoms with E-state index in [0.29, 0.717) is 39.4 Å². The van der Waals surface area contributed by atoms with Crippen LogP contribution in [0.1, 0.15) is 53.2 Å². The number of nitrogens with two attached hydrogens (primary N) is 1. The predicted molar refractivity (Wildman–Crippen MR) is 144 cm³/mol. The van der Waals surface area contributed by atoms with Crippen molar-refractivity contribution in [3.8, 4) is 11.5 Å². The zero-order valence-electron chi connectivity index (χ0n) is 20.2. The summed E-state index contributed by atoms with van der Waals surface area (Å²) in [5, 5.41) is 9.62. The molecule has 1 aromatic heterocycles. The maximum absolute atomic E-state index is 12.9. The number of thiocarbonyl (C=S) groups is 1. The summed E-state index contributed by atoms with van der Waals surface area (Å²) < 4.78 is 6.14. The number of hydrogen-bond acceptors (Lipinski definition) is 6. The summed E-state index contributed by atoms with van der Waals surface area (Å²) in [5.41, 5.74) is 10.4. The number of hydrogen-bond donors (Lipinski definition) is 4. The third-order valence-corrected chi connectivity index (χ3v) is 6.36. The second kappa shape index (κ2) is 10.8. The van der Waals surface area contributed by atoms with Crippen molar-refractivity contribution in [3.05, 3.63) is 77.0 Å². The Morgan fingerprint density at radius 3 is 2.77 bits per heavy atom. The van der Waals surface area contributed by atoms with Crippen molar-refractivity contribution >= 4 is 34.6 Å². The lowest BCUT2D eigenvalue weighted by Gasteiger charge is -2.18. The van der Waals surface area contributed by atoms with E-state index in [0.717, 1.165) is 30.8 Å². The van der Waals surface area contributed by atoms with E-state index in [1.807, 2.05) is 12.1 Å². The summed E-state index contributed by atoms with van der Waals surface area (Å²) in [6.07, 6.45) is 2.56. The molecule has 8 heteroatoms. The molecule has 2 aromatic carbocycles. The second-order valence-corrected chi connectivity index (χ2v) is 9.45. The topological polar surface area (TPSA) is 101 Å². The lowest BCUT2D eigenvalue weighted by molar-refractivity contribution is 0.102. The molecule has 0 saturated carbocycles. The van der Waals surface area contributed by atoms with Crippen LogP contribution in [-0.2, 0) is 0 Å². The van der Waals surface area contributed by atoms with Crippen LogP contribution >= 0.6 is 12.2 Å². The smallest absolute Gasteiger partial charge is 0.255 e. The Morgan fingerprint density at radius 1 is 1.23 bits per heavy atom. The number of nitrogens with zero attached hydrogens (tertiary/aromatic N) is 1. The number of nitrogen functional groups attached to an aromatic ring is 1. The Morgan fingerprint density at radius 2 is 2.06 bits per heavy atom. The van der Waals surface area contributed by atoms with Gasteiger partial charge in [0.05, 0.1) is 5.56 Å². The Balaban J connectivity index is 1.51. The van der Waals surface area contributed by atoms with Crippen LogP contribution in [0, 0.1) is 6.92 Å². The first kappa shape index (κ1) is 24.6. The Bertz CT molecular complexity index is 1240. The highest BCUT2D eigenvalue weighted by atomic mass is 32.1. The molecule has 1 fully saturated rings. The molecule has 0 spiro atoms. The quantitative estimate of drug-likeness (QED) is 0.355. The van der Waals surface area contributed by atoms with Gasteiger partial charge in [-0.1, -0.05) is 38.2 Å². The molecule has 5 N–H and O–H groups in total. The van der Waals surface area contributed by atoms with Crippen molar-refractivity contribution in [2.45, 2.75) is 39.2 Å². The standard InChI is InChI=1S/C27H31N5O2S/c1-16(2)22-8-7-19(13-17(22)3)31-26(33)18-5-4-6-21(14-18)34-23-10-12-30-25(28)24(23)27(35)32-20-9-11-29-15-20/h4-8,10,12-14,16,20,29H,9,11,15H2,1-3H3,(H2,28,30)(H,31,33)(H,32,35). The molecular formula is C27H31N5O2S. The summed E-state index contributed by atoms with van der Waals surface area (Å²) in [6, 6.07) is 15.0. The number of aromatic nitrogens is 1. The summed E-state index contributed by atoms with van der Waals surface area (Å²) >= 11 is 5.62. The van der Waals surface area contributed by atoms with Crippen LogP contribution in [-0.4, -0.2) is 35.0 Å². The van der Waals surface area contributed by atoms with E-state index in [4.69, 9.17) is 22.7 Å². The van der Waals surface area contributed by atoms with E-state index in [1.165, 1.54) is 5.56 Å². The van der Waals surface area contributed by atoms with Crippen LogP contribution in [0.2, 0.25) is 0 Å². The highest BCUT2D eigenvalue weighted by molar-refractivity contribution is 7.80. The van der Waals surface area contributed by atoms with Gasteiger partial charge in [-0.2, -0.15) is 0 Å². The van der Waals surface area contributed by atoms with E-state index < -0.39 is 0 Å². The molecule has 3 aromatic rings. The fraction of sp³-hybridized carbons (Fsp3) is 0.296. The van der Waals surface area contributed by atoms with E-state index in [-0.39, 0.29) is 11.9 Å². The normalized spacial score (nSPS) is 15.1. The Hall–Kier alpha value is -3.49.